The Kier molecular flexibility index (Phi) is 4.95. The summed E-state index contributed by atoms with van der Waals surface area (Å²) in [4.78, 5) is 14.1. The molecule has 3 nitrogen and oxygen atoms in total. The van der Waals surface area contributed by atoms with E-state index in [2.05, 4.69) is 13.8 Å². The minimum atomic E-state index is -0.190. The lowest BCUT2D eigenvalue weighted by Gasteiger charge is -2.41. The standard InChI is InChI=1S/C15H20Cl2N2O/c1-9(2)8-19-13(20)7-6-12(18)15(19)10-4-3-5-11(16)14(10)17/h3-5,9,12,15H,6-8,18H2,1-2H3. The first-order valence-corrected chi connectivity index (χ1v) is 7.66. The third kappa shape index (κ3) is 3.11. The molecule has 1 heterocycles. The quantitative estimate of drug-likeness (QED) is 0.925. The highest BCUT2D eigenvalue weighted by atomic mass is 35.5. The minimum Gasteiger partial charge on any atom is -0.334 e. The van der Waals surface area contributed by atoms with Crippen LogP contribution in [0.3, 0.4) is 0 Å². The maximum atomic E-state index is 12.2. The fourth-order valence-corrected chi connectivity index (χ4v) is 3.15. The predicted octanol–water partition coefficient (Wildman–Crippen LogP) is 3.64. The number of carbonyl (C=O) groups excluding carboxylic acids is 1. The number of hydrogen-bond acceptors (Lipinski definition) is 2. The van der Waals surface area contributed by atoms with E-state index < -0.39 is 0 Å². The normalized spacial score (nSPS) is 23.5. The van der Waals surface area contributed by atoms with Crippen LogP contribution in [0.25, 0.3) is 0 Å². The van der Waals surface area contributed by atoms with Crippen molar-refractivity contribution in [3.05, 3.63) is 33.8 Å². The van der Waals surface area contributed by atoms with Crippen LogP contribution >= 0.6 is 23.2 Å². The van der Waals surface area contributed by atoms with Gasteiger partial charge < -0.3 is 10.6 Å². The number of benzene rings is 1. The van der Waals surface area contributed by atoms with Crippen molar-refractivity contribution in [3.8, 4) is 0 Å². The SMILES string of the molecule is CC(C)CN1C(=O)CCC(N)C1c1cccc(Cl)c1Cl. The molecule has 1 aliphatic heterocycles. The van der Waals surface area contributed by atoms with Crippen LogP contribution in [0.2, 0.25) is 10.0 Å². The zero-order chi connectivity index (χ0) is 14.9. The average molecular weight is 315 g/mol. The Morgan fingerprint density at radius 2 is 2.10 bits per heavy atom. The molecular weight excluding hydrogens is 295 g/mol. The van der Waals surface area contributed by atoms with Gasteiger partial charge in [0.1, 0.15) is 0 Å². The van der Waals surface area contributed by atoms with E-state index in [9.17, 15) is 4.79 Å². The van der Waals surface area contributed by atoms with Crippen molar-refractivity contribution in [2.75, 3.05) is 6.54 Å². The van der Waals surface area contributed by atoms with Crippen LogP contribution in [0.5, 0.6) is 0 Å². The van der Waals surface area contributed by atoms with Gasteiger partial charge in [0, 0.05) is 19.0 Å². The fraction of sp³-hybridized carbons (Fsp3) is 0.533. The number of nitrogens with zero attached hydrogens (tertiary/aromatic N) is 1. The Morgan fingerprint density at radius 1 is 1.40 bits per heavy atom. The zero-order valence-electron chi connectivity index (χ0n) is 11.8. The number of rotatable bonds is 3. The van der Waals surface area contributed by atoms with Gasteiger partial charge in [0.2, 0.25) is 5.91 Å². The van der Waals surface area contributed by atoms with Crippen molar-refractivity contribution in [1.82, 2.24) is 4.90 Å². The minimum absolute atomic E-state index is 0.109. The highest BCUT2D eigenvalue weighted by molar-refractivity contribution is 6.42. The van der Waals surface area contributed by atoms with Crippen LogP contribution in [-0.4, -0.2) is 23.4 Å². The van der Waals surface area contributed by atoms with Gasteiger partial charge in [-0.2, -0.15) is 0 Å². The molecule has 20 heavy (non-hydrogen) atoms. The van der Waals surface area contributed by atoms with E-state index in [1.54, 1.807) is 6.07 Å². The van der Waals surface area contributed by atoms with Crippen LogP contribution in [0, 0.1) is 5.92 Å². The lowest BCUT2D eigenvalue weighted by Crippen LogP contribution is -2.50. The van der Waals surface area contributed by atoms with Crippen molar-refractivity contribution in [2.24, 2.45) is 11.7 Å². The van der Waals surface area contributed by atoms with E-state index in [0.717, 1.165) is 5.56 Å². The molecule has 1 aromatic rings. The summed E-state index contributed by atoms with van der Waals surface area (Å²) >= 11 is 12.4. The summed E-state index contributed by atoms with van der Waals surface area (Å²) in [5.74, 6) is 0.520. The third-order valence-corrected chi connectivity index (χ3v) is 4.45. The zero-order valence-corrected chi connectivity index (χ0v) is 13.3. The molecule has 2 N–H and O–H groups in total. The smallest absolute Gasteiger partial charge is 0.223 e. The van der Waals surface area contributed by atoms with Gasteiger partial charge in [-0.3, -0.25) is 4.79 Å². The van der Waals surface area contributed by atoms with E-state index in [1.807, 2.05) is 17.0 Å². The Hall–Kier alpha value is -0.770. The van der Waals surface area contributed by atoms with Gasteiger partial charge in [-0.1, -0.05) is 49.2 Å². The second-order valence-electron chi connectivity index (χ2n) is 5.73. The summed E-state index contributed by atoms with van der Waals surface area (Å²) in [6, 6.07) is 5.21. The second kappa shape index (κ2) is 6.33. The second-order valence-corrected chi connectivity index (χ2v) is 6.52. The van der Waals surface area contributed by atoms with Crippen LogP contribution in [0.1, 0.15) is 38.3 Å². The molecule has 110 valence electrons. The number of hydrogen-bond donors (Lipinski definition) is 1. The Bertz CT molecular complexity index is 505. The highest BCUT2D eigenvalue weighted by Gasteiger charge is 2.36. The van der Waals surface area contributed by atoms with Gasteiger partial charge in [-0.15, -0.1) is 0 Å². The van der Waals surface area contributed by atoms with Crippen molar-refractivity contribution in [1.29, 1.82) is 0 Å². The molecule has 1 saturated heterocycles. The number of piperidine rings is 1. The molecule has 5 heteroatoms. The number of amides is 1. The highest BCUT2D eigenvalue weighted by Crippen LogP contribution is 2.37. The molecule has 0 saturated carbocycles. The molecule has 2 atom stereocenters. The first-order chi connectivity index (χ1) is 9.41. The summed E-state index contributed by atoms with van der Waals surface area (Å²) in [5, 5.41) is 0.997. The first kappa shape index (κ1) is 15.6. The third-order valence-electron chi connectivity index (χ3n) is 3.62. The average Bonchev–Trinajstić information content (AvgIpc) is 2.38. The molecule has 2 unspecified atom stereocenters. The molecule has 0 aromatic heterocycles. The fourth-order valence-electron chi connectivity index (χ4n) is 2.73. The van der Waals surface area contributed by atoms with Crippen LogP contribution in [-0.2, 0) is 4.79 Å². The Balaban J connectivity index is 2.42. The molecule has 1 fully saturated rings. The van der Waals surface area contributed by atoms with Gasteiger partial charge in [-0.05, 0) is 24.0 Å². The van der Waals surface area contributed by atoms with Crippen molar-refractivity contribution < 1.29 is 4.79 Å². The van der Waals surface area contributed by atoms with Crippen molar-refractivity contribution in [3.63, 3.8) is 0 Å². The number of nitrogens with two attached hydrogens (primary N) is 1. The van der Waals surface area contributed by atoms with Gasteiger partial charge in [0.05, 0.1) is 16.1 Å². The topological polar surface area (TPSA) is 46.3 Å². The summed E-state index contributed by atoms with van der Waals surface area (Å²) in [5.41, 5.74) is 7.11. The molecule has 1 aromatic carbocycles. The van der Waals surface area contributed by atoms with E-state index in [4.69, 9.17) is 28.9 Å². The lowest BCUT2D eigenvalue weighted by atomic mass is 9.89. The Labute approximate surface area is 130 Å². The van der Waals surface area contributed by atoms with E-state index in [-0.39, 0.29) is 18.0 Å². The number of likely N-dealkylation sites (tertiary alicyclic amines) is 1. The predicted molar refractivity (Wildman–Crippen MR) is 83.0 cm³/mol. The Morgan fingerprint density at radius 3 is 2.75 bits per heavy atom. The molecular formula is C15H20Cl2N2O. The van der Waals surface area contributed by atoms with Crippen molar-refractivity contribution in [2.45, 2.75) is 38.8 Å². The van der Waals surface area contributed by atoms with Gasteiger partial charge in [0.25, 0.3) is 0 Å². The van der Waals surface area contributed by atoms with E-state index >= 15 is 0 Å². The maximum Gasteiger partial charge on any atom is 0.223 e. The number of halogens is 2. The summed E-state index contributed by atoms with van der Waals surface area (Å²) < 4.78 is 0. The van der Waals surface area contributed by atoms with Crippen molar-refractivity contribution >= 4 is 29.1 Å². The molecule has 2 rings (SSSR count). The van der Waals surface area contributed by atoms with Crippen LogP contribution in [0.4, 0.5) is 0 Å². The van der Waals surface area contributed by atoms with Gasteiger partial charge >= 0.3 is 0 Å². The maximum absolute atomic E-state index is 12.2. The summed E-state index contributed by atoms with van der Waals surface area (Å²) in [6.07, 6.45) is 1.18. The summed E-state index contributed by atoms with van der Waals surface area (Å²) in [7, 11) is 0. The summed E-state index contributed by atoms with van der Waals surface area (Å²) in [6.45, 7) is 4.86. The van der Waals surface area contributed by atoms with E-state index in [0.29, 0.717) is 35.3 Å². The largest absolute Gasteiger partial charge is 0.334 e. The lowest BCUT2D eigenvalue weighted by molar-refractivity contribution is -0.138. The first-order valence-electron chi connectivity index (χ1n) is 6.90. The van der Waals surface area contributed by atoms with Crippen LogP contribution in [0.15, 0.2) is 18.2 Å². The van der Waals surface area contributed by atoms with Gasteiger partial charge in [0.15, 0.2) is 0 Å². The number of carbonyl (C=O) groups is 1. The molecule has 1 aliphatic rings. The molecule has 1 amide bonds. The molecule has 0 spiro atoms. The van der Waals surface area contributed by atoms with E-state index in [1.165, 1.54) is 0 Å². The van der Waals surface area contributed by atoms with Crippen LogP contribution < -0.4 is 5.73 Å². The monoisotopic (exact) mass is 314 g/mol. The molecule has 0 aliphatic carbocycles. The van der Waals surface area contributed by atoms with Gasteiger partial charge in [-0.25, -0.2) is 0 Å². The molecule has 0 radical (unpaired) electrons. The molecule has 0 bridgehead atoms.